The van der Waals surface area contributed by atoms with Crippen LogP contribution in [0.15, 0.2) is 22.7 Å². The lowest BCUT2D eigenvalue weighted by molar-refractivity contribution is -0.128. The minimum Gasteiger partial charge on any atom is -0.352 e. The number of rotatable bonds is 3. The molecule has 0 spiro atoms. The third-order valence-electron chi connectivity index (χ3n) is 3.96. The van der Waals surface area contributed by atoms with Crippen LogP contribution in [-0.2, 0) is 11.3 Å². The predicted molar refractivity (Wildman–Crippen MR) is 87.7 cm³/mol. The smallest absolute Gasteiger partial charge is 0.225 e. The number of nitrogens with two attached hydrogens (primary N) is 1. The molecular weight excluding hydrogens is 359 g/mol. The zero-order valence-electron chi connectivity index (χ0n) is 12.0. The zero-order valence-corrected chi connectivity index (χ0v) is 14.4. The Balaban J connectivity index is 0.00000220. The number of halogens is 3. The van der Waals surface area contributed by atoms with Crippen molar-refractivity contribution in [2.75, 3.05) is 0 Å². The van der Waals surface area contributed by atoms with Gasteiger partial charge in [-0.3, -0.25) is 4.79 Å². The van der Waals surface area contributed by atoms with E-state index >= 15 is 0 Å². The van der Waals surface area contributed by atoms with E-state index in [0.717, 1.165) is 31.2 Å². The summed E-state index contributed by atoms with van der Waals surface area (Å²) in [6, 6.07) is 4.61. The Bertz CT molecular complexity index is 490. The summed E-state index contributed by atoms with van der Waals surface area (Å²) < 4.78 is 13.9. The first-order valence-corrected chi connectivity index (χ1v) is 7.69. The largest absolute Gasteiger partial charge is 0.352 e. The van der Waals surface area contributed by atoms with E-state index in [1.165, 1.54) is 12.1 Å². The molecule has 0 aromatic heterocycles. The van der Waals surface area contributed by atoms with E-state index in [0.29, 0.717) is 11.0 Å². The van der Waals surface area contributed by atoms with Crippen LogP contribution in [0, 0.1) is 11.7 Å². The van der Waals surface area contributed by atoms with Gasteiger partial charge in [-0.1, -0.05) is 28.8 Å². The molecule has 3 N–H and O–H groups in total. The van der Waals surface area contributed by atoms with Gasteiger partial charge in [0.25, 0.3) is 0 Å². The molecule has 0 radical (unpaired) electrons. The van der Waals surface area contributed by atoms with Crippen LogP contribution in [0.25, 0.3) is 0 Å². The normalized spacial score (nSPS) is 25.0. The van der Waals surface area contributed by atoms with Gasteiger partial charge in [-0.15, -0.1) is 12.4 Å². The molecule has 1 aliphatic carbocycles. The summed E-state index contributed by atoms with van der Waals surface area (Å²) in [7, 11) is 0. The summed E-state index contributed by atoms with van der Waals surface area (Å²) in [5.41, 5.74) is 6.51. The molecular formula is C15H21BrClFN2O. The minimum absolute atomic E-state index is 0. The first-order chi connectivity index (χ1) is 9.38. The minimum atomic E-state index is -0.440. The van der Waals surface area contributed by atoms with Gasteiger partial charge in [-0.25, -0.2) is 4.39 Å². The maximum Gasteiger partial charge on any atom is 0.225 e. The van der Waals surface area contributed by atoms with E-state index < -0.39 is 5.54 Å². The molecule has 2 unspecified atom stereocenters. The van der Waals surface area contributed by atoms with Crippen LogP contribution in [0.5, 0.6) is 0 Å². The van der Waals surface area contributed by atoms with E-state index in [4.69, 9.17) is 5.73 Å². The summed E-state index contributed by atoms with van der Waals surface area (Å²) in [5.74, 6) is -0.506. The Kier molecular flexibility index (Phi) is 6.63. The summed E-state index contributed by atoms with van der Waals surface area (Å²) in [6.45, 7) is 2.26. The highest BCUT2D eigenvalue weighted by Crippen LogP contribution is 2.31. The van der Waals surface area contributed by atoms with Gasteiger partial charge in [0.05, 0.1) is 5.92 Å². The summed E-state index contributed by atoms with van der Waals surface area (Å²) in [6.07, 6.45) is 3.81. The van der Waals surface area contributed by atoms with Crippen molar-refractivity contribution < 1.29 is 9.18 Å². The molecule has 1 fully saturated rings. The highest BCUT2D eigenvalue weighted by Gasteiger charge is 2.37. The van der Waals surface area contributed by atoms with Crippen molar-refractivity contribution in [1.82, 2.24) is 5.32 Å². The van der Waals surface area contributed by atoms with E-state index in [-0.39, 0.29) is 30.0 Å². The number of hydrogen-bond acceptors (Lipinski definition) is 2. The predicted octanol–water partition coefficient (Wildman–Crippen LogP) is 3.53. The van der Waals surface area contributed by atoms with E-state index in [2.05, 4.69) is 21.2 Å². The second-order valence-corrected chi connectivity index (χ2v) is 6.72. The molecule has 1 aromatic carbocycles. The SMILES string of the molecule is CC1(N)CCCCC1C(=O)NCc1cc(F)cc(Br)c1.Cl. The molecule has 2 atom stereocenters. The Morgan fingerprint density at radius 1 is 1.48 bits per heavy atom. The topological polar surface area (TPSA) is 55.1 Å². The Morgan fingerprint density at radius 3 is 2.81 bits per heavy atom. The fourth-order valence-corrected chi connectivity index (χ4v) is 3.33. The monoisotopic (exact) mass is 378 g/mol. The fourth-order valence-electron chi connectivity index (χ4n) is 2.81. The van der Waals surface area contributed by atoms with Gasteiger partial charge < -0.3 is 11.1 Å². The van der Waals surface area contributed by atoms with Gasteiger partial charge in [0.2, 0.25) is 5.91 Å². The van der Waals surface area contributed by atoms with Crippen LogP contribution in [0.4, 0.5) is 4.39 Å². The van der Waals surface area contributed by atoms with Crippen LogP contribution in [0.1, 0.15) is 38.2 Å². The number of carbonyl (C=O) groups is 1. The summed E-state index contributed by atoms with van der Waals surface area (Å²) >= 11 is 3.24. The number of hydrogen-bond donors (Lipinski definition) is 2. The third-order valence-corrected chi connectivity index (χ3v) is 4.42. The molecule has 1 aliphatic rings. The summed E-state index contributed by atoms with van der Waals surface area (Å²) in [4.78, 5) is 12.3. The van der Waals surface area contributed by atoms with Crippen LogP contribution in [0.3, 0.4) is 0 Å². The Morgan fingerprint density at radius 2 is 2.19 bits per heavy atom. The van der Waals surface area contributed by atoms with E-state index in [1.807, 2.05) is 6.92 Å². The lowest BCUT2D eigenvalue weighted by Gasteiger charge is -2.37. The standard InChI is InChI=1S/C15H20BrFN2O.ClH/c1-15(18)5-3-2-4-13(15)14(20)19-9-10-6-11(16)8-12(17)7-10;/h6-8,13H,2-5,9,18H2,1H3,(H,19,20);1H. The van der Waals surface area contributed by atoms with Gasteiger partial charge in [0.15, 0.2) is 0 Å². The number of carbonyl (C=O) groups excluding carboxylic acids is 1. The lowest BCUT2D eigenvalue weighted by Crippen LogP contribution is -2.52. The molecule has 0 heterocycles. The van der Waals surface area contributed by atoms with Gasteiger partial charge in [0.1, 0.15) is 5.82 Å². The molecule has 0 aliphatic heterocycles. The first kappa shape index (κ1) is 18.4. The Labute approximate surface area is 139 Å². The second-order valence-electron chi connectivity index (χ2n) is 5.80. The number of nitrogens with one attached hydrogen (secondary N) is 1. The molecule has 21 heavy (non-hydrogen) atoms. The van der Waals surface area contributed by atoms with Crippen molar-refractivity contribution in [3.63, 3.8) is 0 Å². The van der Waals surface area contributed by atoms with Crippen molar-refractivity contribution in [3.05, 3.63) is 34.1 Å². The molecule has 0 bridgehead atoms. The van der Waals surface area contributed by atoms with Crippen LogP contribution < -0.4 is 11.1 Å². The average molecular weight is 380 g/mol. The Hall–Kier alpha value is -0.650. The quantitative estimate of drug-likeness (QED) is 0.844. The third kappa shape index (κ3) is 4.94. The first-order valence-electron chi connectivity index (χ1n) is 6.90. The van der Waals surface area contributed by atoms with Crippen molar-refractivity contribution >= 4 is 34.2 Å². The van der Waals surface area contributed by atoms with Gasteiger partial charge in [-0.2, -0.15) is 0 Å². The van der Waals surface area contributed by atoms with Crippen LogP contribution >= 0.6 is 28.3 Å². The lowest BCUT2D eigenvalue weighted by atomic mass is 9.74. The van der Waals surface area contributed by atoms with Gasteiger partial charge >= 0.3 is 0 Å². The highest BCUT2D eigenvalue weighted by atomic mass is 79.9. The van der Waals surface area contributed by atoms with Crippen LogP contribution in [0.2, 0.25) is 0 Å². The second kappa shape index (κ2) is 7.56. The van der Waals surface area contributed by atoms with Gasteiger partial charge in [-0.05, 0) is 43.5 Å². The fraction of sp³-hybridized carbons (Fsp3) is 0.533. The van der Waals surface area contributed by atoms with Crippen molar-refractivity contribution in [3.8, 4) is 0 Å². The highest BCUT2D eigenvalue weighted by molar-refractivity contribution is 9.10. The molecule has 0 saturated heterocycles. The maximum absolute atomic E-state index is 13.3. The van der Waals surface area contributed by atoms with E-state index in [9.17, 15) is 9.18 Å². The summed E-state index contributed by atoms with van der Waals surface area (Å²) in [5, 5.41) is 2.87. The molecule has 1 amide bonds. The molecule has 2 rings (SSSR count). The molecule has 1 aromatic rings. The van der Waals surface area contributed by atoms with Crippen molar-refractivity contribution in [2.24, 2.45) is 11.7 Å². The van der Waals surface area contributed by atoms with Gasteiger partial charge in [0, 0.05) is 16.6 Å². The van der Waals surface area contributed by atoms with E-state index in [1.54, 1.807) is 6.07 Å². The van der Waals surface area contributed by atoms with Crippen molar-refractivity contribution in [1.29, 1.82) is 0 Å². The molecule has 1 saturated carbocycles. The average Bonchev–Trinajstić information content (AvgIpc) is 2.34. The van der Waals surface area contributed by atoms with Crippen LogP contribution in [-0.4, -0.2) is 11.4 Å². The molecule has 118 valence electrons. The zero-order chi connectivity index (χ0) is 14.8. The van der Waals surface area contributed by atoms with Crippen molar-refractivity contribution in [2.45, 2.75) is 44.7 Å². The number of amides is 1. The molecule has 6 heteroatoms. The maximum atomic E-state index is 13.3. The number of benzene rings is 1. The molecule has 3 nitrogen and oxygen atoms in total.